The normalized spacial score (nSPS) is 16.8. The molecule has 0 atom stereocenters. The second-order valence-electron chi connectivity index (χ2n) is 5.38. The minimum Gasteiger partial charge on any atom is -0.496 e. The maximum absolute atomic E-state index is 12.9. The summed E-state index contributed by atoms with van der Waals surface area (Å²) >= 11 is 0. The van der Waals surface area contributed by atoms with Crippen LogP contribution in [0.5, 0.6) is 5.75 Å². The third kappa shape index (κ3) is 2.52. The van der Waals surface area contributed by atoms with Crippen molar-refractivity contribution >= 4 is 5.78 Å². The first kappa shape index (κ1) is 14.1. The average Bonchev–Trinajstić information content (AvgIpc) is 2.41. The van der Waals surface area contributed by atoms with Crippen molar-refractivity contribution in [1.82, 2.24) is 5.32 Å². The number of hydrogen-bond donors (Lipinski definition) is 1. The molecule has 1 fully saturated rings. The molecular formula is C16H23NO2. The molecule has 0 radical (unpaired) electrons. The summed E-state index contributed by atoms with van der Waals surface area (Å²) in [5.41, 5.74) is 1.72. The summed E-state index contributed by atoms with van der Waals surface area (Å²) in [4.78, 5) is 12.9. The van der Waals surface area contributed by atoms with Crippen LogP contribution in [0.25, 0.3) is 0 Å². The fourth-order valence-corrected chi connectivity index (χ4v) is 2.86. The minimum absolute atomic E-state index is 0.214. The fraction of sp³-hybridized carbons (Fsp3) is 0.562. The van der Waals surface area contributed by atoms with Crippen molar-refractivity contribution in [3.8, 4) is 5.75 Å². The van der Waals surface area contributed by atoms with Gasteiger partial charge in [-0.25, -0.2) is 0 Å². The Labute approximate surface area is 115 Å². The van der Waals surface area contributed by atoms with Crippen LogP contribution in [0.1, 0.15) is 42.1 Å². The summed E-state index contributed by atoms with van der Waals surface area (Å²) in [6, 6.07) is 5.94. The highest BCUT2D eigenvalue weighted by molar-refractivity contribution is 6.03. The Morgan fingerprint density at radius 3 is 2.63 bits per heavy atom. The van der Waals surface area contributed by atoms with Crippen LogP contribution in [0.4, 0.5) is 0 Å². The molecule has 0 bridgehead atoms. The summed E-state index contributed by atoms with van der Waals surface area (Å²) < 4.78 is 5.37. The van der Waals surface area contributed by atoms with E-state index in [0.717, 1.165) is 37.8 Å². The van der Waals surface area contributed by atoms with E-state index < -0.39 is 0 Å². The molecule has 0 aromatic heterocycles. The number of ether oxygens (including phenoxy) is 1. The molecule has 0 heterocycles. The van der Waals surface area contributed by atoms with E-state index in [4.69, 9.17) is 4.74 Å². The lowest BCUT2D eigenvalue weighted by molar-refractivity contribution is 0.0611. The number of carbonyl (C=O) groups is 1. The van der Waals surface area contributed by atoms with Gasteiger partial charge in [-0.1, -0.05) is 19.4 Å². The van der Waals surface area contributed by atoms with E-state index in [1.54, 1.807) is 7.11 Å². The van der Waals surface area contributed by atoms with Crippen LogP contribution in [0.15, 0.2) is 18.2 Å². The molecule has 1 aliphatic carbocycles. The number of benzene rings is 1. The number of aryl methyl sites for hydroxylation is 1. The van der Waals surface area contributed by atoms with Crippen LogP contribution in [0, 0.1) is 5.41 Å². The van der Waals surface area contributed by atoms with Gasteiger partial charge in [-0.3, -0.25) is 4.79 Å². The predicted molar refractivity (Wildman–Crippen MR) is 76.9 cm³/mol. The van der Waals surface area contributed by atoms with E-state index >= 15 is 0 Å². The molecular weight excluding hydrogens is 238 g/mol. The van der Waals surface area contributed by atoms with Crippen molar-refractivity contribution in [2.45, 2.75) is 32.6 Å². The standard InChI is InChI=1S/C16H23NO2/c1-4-12-6-7-14(19-3)13(10-12)15(18)16(11-17-2)8-5-9-16/h6-7,10,17H,4-5,8-9,11H2,1-3H3. The zero-order valence-corrected chi connectivity index (χ0v) is 12.1. The van der Waals surface area contributed by atoms with Crippen LogP contribution < -0.4 is 10.1 Å². The highest BCUT2D eigenvalue weighted by atomic mass is 16.5. The molecule has 1 aromatic carbocycles. The summed E-state index contributed by atoms with van der Waals surface area (Å²) in [5, 5.41) is 3.17. The van der Waals surface area contributed by atoms with Crippen molar-refractivity contribution in [3.05, 3.63) is 29.3 Å². The van der Waals surface area contributed by atoms with Crippen molar-refractivity contribution in [3.63, 3.8) is 0 Å². The Hall–Kier alpha value is -1.35. The van der Waals surface area contributed by atoms with Gasteiger partial charge in [-0.05, 0) is 44.0 Å². The molecule has 3 heteroatoms. The highest BCUT2D eigenvalue weighted by Gasteiger charge is 2.44. The molecule has 104 valence electrons. The zero-order valence-electron chi connectivity index (χ0n) is 12.1. The van der Waals surface area contributed by atoms with Gasteiger partial charge in [-0.2, -0.15) is 0 Å². The number of Topliss-reactive ketones (excluding diaryl/α,β-unsaturated/α-hetero) is 1. The fourth-order valence-electron chi connectivity index (χ4n) is 2.86. The molecule has 0 amide bonds. The van der Waals surface area contributed by atoms with E-state index in [0.29, 0.717) is 5.75 Å². The molecule has 1 N–H and O–H groups in total. The van der Waals surface area contributed by atoms with Crippen molar-refractivity contribution < 1.29 is 9.53 Å². The van der Waals surface area contributed by atoms with Gasteiger partial charge in [0.15, 0.2) is 5.78 Å². The minimum atomic E-state index is -0.214. The van der Waals surface area contributed by atoms with E-state index in [1.165, 1.54) is 5.56 Å². The van der Waals surface area contributed by atoms with Gasteiger partial charge < -0.3 is 10.1 Å². The van der Waals surface area contributed by atoms with Crippen molar-refractivity contribution in [1.29, 1.82) is 0 Å². The Bertz CT molecular complexity index is 464. The summed E-state index contributed by atoms with van der Waals surface area (Å²) in [5.74, 6) is 0.935. The van der Waals surface area contributed by atoms with E-state index in [2.05, 4.69) is 12.2 Å². The third-order valence-electron chi connectivity index (χ3n) is 4.22. The molecule has 3 nitrogen and oxygen atoms in total. The van der Waals surface area contributed by atoms with Crippen LogP contribution in [0.2, 0.25) is 0 Å². The van der Waals surface area contributed by atoms with E-state index in [-0.39, 0.29) is 11.2 Å². The predicted octanol–water partition coefficient (Wildman–Crippen LogP) is 2.83. The number of hydrogen-bond acceptors (Lipinski definition) is 3. The van der Waals surface area contributed by atoms with Gasteiger partial charge in [0.05, 0.1) is 12.7 Å². The number of carbonyl (C=O) groups excluding carboxylic acids is 1. The molecule has 19 heavy (non-hydrogen) atoms. The molecule has 1 aliphatic rings. The van der Waals surface area contributed by atoms with Gasteiger partial charge in [0.25, 0.3) is 0 Å². The zero-order chi connectivity index (χ0) is 13.9. The van der Waals surface area contributed by atoms with Gasteiger partial charge in [0, 0.05) is 12.0 Å². The number of rotatable bonds is 6. The summed E-state index contributed by atoms with van der Waals surface area (Å²) in [6.07, 6.45) is 4.03. The summed E-state index contributed by atoms with van der Waals surface area (Å²) in [6.45, 7) is 2.86. The van der Waals surface area contributed by atoms with Crippen molar-refractivity contribution in [2.75, 3.05) is 20.7 Å². The van der Waals surface area contributed by atoms with Gasteiger partial charge >= 0.3 is 0 Å². The highest BCUT2D eigenvalue weighted by Crippen LogP contribution is 2.44. The molecule has 2 rings (SSSR count). The number of nitrogens with one attached hydrogen (secondary N) is 1. The Morgan fingerprint density at radius 1 is 1.42 bits per heavy atom. The van der Waals surface area contributed by atoms with E-state index in [9.17, 15) is 4.79 Å². The van der Waals surface area contributed by atoms with E-state index in [1.807, 2.05) is 25.2 Å². The van der Waals surface area contributed by atoms with Crippen LogP contribution in [0.3, 0.4) is 0 Å². The molecule has 0 aliphatic heterocycles. The second kappa shape index (κ2) is 5.74. The monoisotopic (exact) mass is 261 g/mol. The van der Waals surface area contributed by atoms with Crippen LogP contribution in [-0.4, -0.2) is 26.5 Å². The first-order chi connectivity index (χ1) is 9.16. The van der Waals surface area contributed by atoms with Gasteiger partial charge in [0.2, 0.25) is 0 Å². The van der Waals surface area contributed by atoms with Crippen LogP contribution in [-0.2, 0) is 6.42 Å². The molecule has 1 aromatic rings. The topological polar surface area (TPSA) is 38.3 Å². The van der Waals surface area contributed by atoms with Crippen LogP contribution >= 0.6 is 0 Å². The quantitative estimate of drug-likeness (QED) is 0.800. The molecule has 0 spiro atoms. The first-order valence-corrected chi connectivity index (χ1v) is 7.03. The van der Waals surface area contributed by atoms with Crippen molar-refractivity contribution in [2.24, 2.45) is 5.41 Å². The molecule has 0 saturated heterocycles. The third-order valence-corrected chi connectivity index (χ3v) is 4.22. The Morgan fingerprint density at radius 2 is 2.16 bits per heavy atom. The van der Waals surface area contributed by atoms with Gasteiger partial charge in [0.1, 0.15) is 5.75 Å². The Balaban J connectivity index is 2.36. The lowest BCUT2D eigenvalue weighted by atomic mass is 9.64. The SMILES string of the molecule is CCc1ccc(OC)c(C(=O)C2(CNC)CCC2)c1. The molecule has 0 unspecified atom stereocenters. The largest absolute Gasteiger partial charge is 0.496 e. The average molecular weight is 261 g/mol. The summed E-state index contributed by atoms with van der Waals surface area (Å²) in [7, 11) is 3.54. The molecule has 1 saturated carbocycles. The lowest BCUT2D eigenvalue weighted by Gasteiger charge is -2.40. The number of ketones is 1. The van der Waals surface area contributed by atoms with Gasteiger partial charge in [-0.15, -0.1) is 0 Å². The maximum Gasteiger partial charge on any atom is 0.174 e. The number of methoxy groups -OCH3 is 1. The smallest absolute Gasteiger partial charge is 0.174 e. The first-order valence-electron chi connectivity index (χ1n) is 7.03. The second-order valence-corrected chi connectivity index (χ2v) is 5.38. The maximum atomic E-state index is 12.9. The Kier molecular flexibility index (Phi) is 4.25. The lowest BCUT2D eigenvalue weighted by Crippen LogP contribution is -2.45.